The Morgan fingerprint density at radius 3 is 2.26 bits per heavy atom. The van der Waals surface area contributed by atoms with E-state index in [1.807, 2.05) is 6.07 Å². The fourth-order valence-electron chi connectivity index (χ4n) is 5.29. The highest BCUT2D eigenvalue weighted by molar-refractivity contribution is 6.31. The normalized spacial score (nSPS) is 24.1. The minimum atomic E-state index is -5.08. The molecule has 1 fully saturated rings. The third-order valence-electron chi connectivity index (χ3n) is 6.68. The Labute approximate surface area is 232 Å². The maximum Gasteiger partial charge on any atom is 0.490 e. The van der Waals surface area contributed by atoms with Gasteiger partial charge in [0, 0.05) is 29.7 Å². The molecular weight excluding hydrogens is 565 g/mol. The van der Waals surface area contributed by atoms with Crippen molar-refractivity contribution < 1.29 is 37.1 Å². The largest absolute Gasteiger partial charge is 0.490 e. The lowest BCUT2D eigenvalue weighted by atomic mass is 9.62. The number of hydrogen-bond acceptors (Lipinski definition) is 4. The Kier molecular flexibility index (Phi) is 8.60. The molecule has 4 N–H and O–H groups in total. The highest BCUT2D eigenvalue weighted by atomic mass is 35.5. The van der Waals surface area contributed by atoms with E-state index in [0.29, 0.717) is 22.7 Å². The summed E-state index contributed by atoms with van der Waals surface area (Å²) in [5.74, 6) is -4.51. The van der Waals surface area contributed by atoms with E-state index in [9.17, 15) is 27.2 Å². The van der Waals surface area contributed by atoms with Crippen molar-refractivity contribution in [3.05, 3.63) is 63.4 Å². The summed E-state index contributed by atoms with van der Waals surface area (Å²) in [4.78, 5) is 35.8. The minimum Gasteiger partial charge on any atom is -0.475 e. The van der Waals surface area contributed by atoms with Crippen LogP contribution in [0.15, 0.2) is 36.4 Å². The Bertz CT molecular complexity index is 1300. The molecule has 4 rings (SSSR count). The van der Waals surface area contributed by atoms with Gasteiger partial charge >= 0.3 is 12.1 Å². The smallest absolute Gasteiger partial charge is 0.475 e. The summed E-state index contributed by atoms with van der Waals surface area (Å²) in [7, 11) is 1.56. The SMILES string of the molecule is CNC(=O)[C@@H]1N[C@@H](CC(C)(C)C)[C@@]2(C(=O)Nc3cc(Cl)c(F)cc32)[C@H]1c1cccc(Cl)c1.O=C(O)C(F)(F)F. The van der Waals surface area contributed by atoms with Gasteiger partial charge in [0.1, 0.15) is 11.2 Å². The number of likely N-dealkylation sites (N-methyl/N-ethyl adjacent to an activating group) is 1. The van der Waals surface area contributed by atoms with Crippen LogP contribution in [0.1, 0.15) is 44.2 Å². The van der Waals surface area contributed by atoms with Crippen LogP contribution in [0, 0.1) is 11.2 Å². The third kappa shape index (κ3) is 6.00. The van der Waals surface area contributed by atoms with E-state index in [2.05, 4.69) is 36.7 Å². The first-order chi connectivity index (χ1) is 17.9. The number of rotatable bonds is 3. The van der Waals surface area contributed by atoms with Gasteiger partial charge in [-0.1, -0.05) is 56.1 Å². The maximum atomic E-state index is 14.7. The van der Waals surface area contributed by atoms with Crippen molar-refractivity contribution in [2.45, 2.75) is 56.8 Å². The minimum absolute atomic E-state index is 0.0680. The van der Waals surface area contributed by atoms with Gasteiger partial charge in [0.25, 0.3) is 0 Å². The Hall–Kier alpha value is -2.89. The van der Waals surface area contributed by atoms with Gasteiger partial charge in [-0.05, 0) is 47.2 Å². The number of anilines is 1. The third-order valence-corrected chi connectivity index (χ3v) is 7.20. The van der Waals surface area contributed by atoms with E-state index in [1.165, 1.54) is 12.1 Å². The van der Waals surface area contributed by atoms with Crippen LogP contribution in [-0.4, -0.2) is 48.2 Å². The lowest BCUT2D eigenvalue weighted by Crippen LogP contribution is -2.49. The van der Waals surface area contributed by atoms with Crippen molar-refractivity contribution in [1.29, 1.82) is 0 Å². The van der Waals surface area contributed by atoms with Gasteiger partial charge < -0.3 is 21.1 Å². The number of benzene rings is 2. The summed E-state index contributed by atoms with van der Waals surface area (Å²) in [5, 5.41) is 16.6. The molecule has 7 nitrogen and oxygen atoms in total. The fraction of sp³-hybridized carbons (Fsp3) is 0.423. The average molecular weight is 592 g/mol. The second-order valence-corrected chi connectivity index (χ2v) is 11.4. The summed E-state index contributed by atoms with van der Waals surface area (Å²) in [6, 6.07) is 8.77. The number of hydrogen-bond donors (Lipinski definition) is 4. The number of carbonyl (C=O) groups is 3. The van der Waals surface area contributed by atoms with E-state index in [4.69, 9.17) is 33.1 Å². The molecule has 0 unspecified atom stereocenters. The predicted octanol–water partition coefficient (Wildman–Crippen LogP) is 5.26. The van der Waals surface area contributed by atoms with Crippen LogP contribution in [-0.2, 0) is 19.8 Å². The Morgan fingerprint density at radius 1 is 1.13 bits per heavy atom. The summed E-state index contributed by atoms with van der Waals surface area (Å²) in [5.41, 5.74) is 0.299. The lowest BCUT2D eigenvalue weighted by Gasteiger charge is -2.37. The number of carboxylic acid groups (broad SMARTS) is 1. The molecule has 2 heterocycles. The molecule has 39 heavy (non-hydrogen) atoms. The van der Waals surface area contributed by atoms with Crippen molar-refractivity contribution in [3.63, 3.8) is 0 Å². The second kappa shape index (κ2) is 10.9. The number of alkyl halides is 3. The summed E-state index contributed by atoms with van der Waals surface area (Å²) in [6.45, 7) is 6.21. The number of aliphatic carboxylic acids is 1. The molecule has 0 bridgehead atoms. The topological polar surface area (TPSA) is 108 Å². The number of carbonyl (C=O) groups excluding carboxylic acids is 2. The first-order valence-electron chi connectivity index (χ1n) is 11.8. The molecule has 0 aliphatic carbocycles. The summed E-state index contributed by atoms with van der Waals surface area (Å²) >= 11 is 12.3. The zero-order valence-corrected chi connectivity index (χ0v) is 22.9. The van der Waals surface area contributed by atoms with Gasteiger partial charge in [0.05, 0.1) is 11.1 Å². The molecule has 0 saturated carbocycles. The number of amides is 2. The molecule has 4 atom stereocenters. The molecule has 0 radical (unpaired) electrons. The number of carboxylic acids is 1. The molecular formula is C26H27Cl2F4N3O4. The molecule has 2 aliphatic rings. The standard InChI is InChI=1S/C24H26Cl2FN3O2.C2HF3O2/c1-23(2,3)11-18-24(14-9-16(27)15(26)10-17(14)29-22(24)32)19(20(30-18)21(31)28-4)12-6-5-7-13(25)8-12;3-2(4,5)1(6)7/h5-10,18-20,30H,11H2,1-4H3,(H,28,31)(H,29,32);(H,6,7)/t18-,19-,20+,24+;/m0./s1. The summed E-state index contributed by atoms with van der Waals surface area (Å²) < 4.78 is 46.5. The summed E-state index contributed by atoms with van der Waals surface area (Å²) in [6.07, 6.45) is -4.51. The van der Waals surface area contributed by atoms with E-state index < -0.39 is 41.4 Å². The first-order valence-corrected chi connectivity index (χ1v) is 12.5. The molecule has 2 aromatic rings. The van der Waals surface area contributed by atoms with E-state index >= 15 is 0 Å². The molecule has 2 aromatic carbocycles. The first kappa shape index (κ1) is 30.6. The van der Waals surface area contributed by atoms with Crippen molar-refractivity contribution in [1.82, 2.24) is 10.6 Å². The van der Waals surface area contributed by atoms with Crippen LogP contribution in [0.2, 0.25) is 10.0 Å². The molecule has 212 valence electrons. The number of fused-ring (bicyclic) bond motifs is 2. The highest BCUT2D eigenvalue weighted by Crippen LogP contribution is 2.57. The van der Waals surface area contributed by atoms with E-state index in [-0.39, 0.29) is 22.3 Å². The molecule has 13 heteroatoms. The van der Waals surface area contributed by atoms with Crippen LogP contribution < -0.4 is 16.0 Å². The zero-order chi connectivity index (χ0) is 29.5. The highest BCUT2D eigenvalue weighted by Gasteiger charge is 2.65. The van der Waals surface area contributed by atoms with Gasteiger partial charge in [-0.15, -0.1) is 0 Å². The van der Waals surface area contributed by atoms with E-state index in [0.717, 1.165) is 5.56 Å². The monoisotopic (exact) mass is 591 g/mol. The quantitative estimate of drug-likeness (QED) is 0.364. The van der Waals surface area contributed by atoms with Crippen molar-refractivity contribution in [2.75, 3.05) is 12.4 Å². The van der Waals surface area contributed by atoms with Crippen LogP contribution in [0.3, 0.4) is 0 Å². The Morgan fingerprint density at radius 2 is 1.74 bits per heavy atom. The predicted molar refractivity (Wildman–Crippen MR) is 138 cm³/mol. The number of halogens is 6. The molecule has 1 saturated heterocycles. The van der Waals surface area contributed by atoms with Crippen LogP contribution in [0.5, 0.6) is 0 Å². The molecule has 2 aliphatic heterocycles. The van der Waals surface area contributed by atoms with Gasteiger partial charge in [0.15, 0.2) is 0 Å². The zero-order valence-electron chi connectivity index (χ0n) is 21.3. The van der Waals surface area contributed by atoms with E-state index in [1.54, 1.807) is 25.2 Å². The maximum absolute atomic E-state index is 14.7. The van der Waals surface area contributed by atoms with Crippen LogP contribution in [0.25, 0.3) is 0 Å². The van der Waals surface area contributed by atoms with Gasteiger partial charge in [-0.25, -0.2) is 9.18 Å². The van der Waals surface area contributed by atoms with Gasteiger partial charge in [-0.2, -0.15) is 13.2 Å². The lowest BCUT2D eigenvalue weighted by molar-refractivity contribution is -0.192. The molecule has 2 amide bonds. The van der Waals surface area contributed by atoms with Crippen LogP contribution >= 0.6 is 23.2 Å². The van der Waals surface area contributed by atoms with Crippen molar-refractivity contribution in [3.8, 4) is 0 Å². The van der Waals surface area contributed by atoms with Gasteiger partial charge in [0.2, 0.25) is 11.8 Å². The molecule has 1 spiro atoms. The van der Waals surface area contributed by atoms with Crippen molar-refractivity contribution in [2.24, 2.45) is 5.41 Å². The fourth-order valence-corrected chi connectivity index (χ4v) is 5.65. The molecule has 0 aromatic heterocycles. The average Bonchev–Trinajstić information content (AvgIpc) is 3.28. The van der Waals surface area contributed by atoms with Crippen molar-refractivity contribution >= 4 is 46.7 Å². The number of nitrogens with one attached hydrogen (secondary N) is 3. The van der Waals surface area contributed by atoms with Crippen LogP contribution in [0.4, 0.5) is 23.2 Å². The Balaban J connectivity index is 0.000000532. The second-order valence-electron chi connectivity index (χ2n) is 10.5. The van der Waals surface area contributed by atoms with Gasteiger partial charge in [-0.3, -0.25) is 9.59 Å².